The summed E-state index contributed by atoms with van der Waals surface area (Å²) in [6, 6.07) is 7.59. The number of benzene rings is 1. The number of fused-ring (bicyclic) bond motifs is 1. The number of piperidine rings is 1. The molecule has 4 nitrogen and oxygen atoms in total. The maximum atomic E-state index is 12.5. The van der Waals surface area contributed by atoms with Crippen LogP contribution in [-0.2, 0) is 4.74 Å². The maximum absolute atomic E-state index is 12.5. The maximum Gasteiger partial charge on any atom is 0.289 e. The zero-order valence-electron chi connectivity index (χ0n) is 11.3. The van der Waals surface area contributed by atoms with Gasteiger partial charge in [0, 0.05) is 25.6 Å². The highest BCUT2D eigenvalue weighted by molar-refractivity contribution is 9.10. The van der Waals surface area contributed by atoms with Crippen LogP contribution in [0, 0.1) is 0 Å². The van der Waals surface area contributed by atoms with Crippen LogP contribution >= 0.6 is 15.9 Å². The zero-order chi connectivity index (χ0) is 14.1. The Hall–Kier alpha value is -1.33. The molecular formula is C15H16BrNO3. The van der Waals surface area contributed by atoms with Gasteiger partial charge in [-0.2, -0.15) is 0 Å². The number of para-hydroxylation sites is 1. The van der Waals surface area contributed by atoms with Crippen LogP contribution in [-0.4, -0.2) is 37.1 Å². The number of methoxy groups -OCH3 is 1. The van der Waals surface area contributed by atoms with Crippen LogP contribution < -0.4 is 0 Å². The lowest BCUT2D eigenvalue weighted by molar-refractivity contribution is 0.0335. The summed E-state index contributed by atoms with van der Waals surface area (Å²) in [5.41, 5.74) is 0.725. The highest BCUT2D eigenvalue weighted by Crippen LogP contribution is 2.28. The average molecular weight is 338 g/mol. The van der Waals surface area contributed by atoms with Gasteiger partial charge in [0.1, 0.15) is 5.58 Å². The third kappa shape index (κ3) is 2.47. The van der Waals surface area contributed by atoms with Gasteiger partial charge in [-0.25, -0.2) is 0 Å². The molecule has 106 valence electrons. The molecule has 1 aliphatic rings. The van der Waals surface area contributed by atoms with Crippen LogP contribution in [0.5, 0.6) is 0 Å². The number of furan rings is 1. The molecule has 1 saturated heterocycles. The number of hydrogen-bond donors (Lipinski definition) is 0. The fourth-order valence-corrected chi connectivity index (χ4v) is 3.05. The van der Waals surface area contributed by atoms with Gasteiger partial charge in [0.15, 0.2) is 5.76 Å². The molecule has 20 heavy (non-hydrogen) atoms. The first-order valence-corrected chi connectivity index (χ1v) is 7.48. The number of nitrogens with zero attached hydrogens (tertiary/aromatic N) is 1. The summed E-state index contributed by atoms with van der Waals surface area (Å²) in [7, 11) is 1.72. The SMILES string of the molecule is COC1CCN(C(=O)c2cc3cccc(Br)c3o2)CC1. The summed E-state index contributed by atoms with van der Waals surface area (Å²) >= 11 is 3.44. The minimum atomic E-state index is -0.0392. The summed E-state index contributed by atoms with van der Waals surface area (Å²) < 4.78 is 11.9. The van der Waals surface area contributed by atoms with Crippen LogP contribution in [0.3, 0.4) is 0 Å². The number of likely N-dealkylation sites (tertiary alicyclic amines) is 1. The smallest absolute Gasteiger partial charge is 0.289 e. The molecule has 0 saturated carbocycles. The lowest BCUT2D eigenvalue weighted by Crippen LogP contribution is -2.40. The van der Waals surface area contributed by atoms with Crippen molar-refractivity contribution in [1.29, 1.82) is 0 Å². The van der Waals surface area contributed by atoms with E-state index in [0.717, 1.165) is 41.4 Å². The molecule has 0 spiro atoms. The Morgan fingerprint density at radius 3 is 2.80 bits per heavy atom. The van der Waals surface area contributed by atoms with Gasteiger partial charge >= 0.3 is 0 Å². The molecule has 2 aromatic rings. The van der Waals surface area contributed by atoms with Gasteiger partial charge in [-0.3, -0.25) is 4.79 Å². The van der Waals surface area contributed by atoms with E-state index in [9.17, 15) is 4.79 Å². The Morgan fingerprint density at radius 1 is 1.40 bits per heavy atom. The first-order chi connectivity index (χ1) is 9.69. The molecule has 0 radical (unpaired) electrons. The topological polar surface area (TPSA) is 42.7 Å². The van der Waals surface area contributed by atoms with Crippen LogP contribution in [0.1, 0.15) is 23.4 Å². The predicted octanol–water partition coefficient (Wildman–Crippen LogP) is 3.45. The van der Waals surface area contributed by atoms with Gasteiger partial charge in [0.2, 0.25) is 0 Å². The van der Waals surface area contributed by atoms with E-state index in [1.165, 1.54) is 0 Å². The summed E-state index contributed by atoms with van der Waals surface area (Å²) in [6.45, 7) is 1.44. The molecule has 0 unspecified atom stereocenters. The Labute approximate surface area is 125 Å². The second kappa shape index (κ2) is 5.58. The van der Waals surface area contributed by atoms with E-state index in [4.69, 9.17) is 9.15 Å². The van der Waals surface area contributed by atoms with Crippen molar-refractivity contribution >= 4 is 32.8 Å². The van der Waals surface area contributed by atoms with E-state index < -0.39 is 0 Å². The minimum Gasteiger partial charge on any atom is -0.450 e. The zero-order valence-corrected chi connectivity index (χ0v) is 12.9. The third-order valence-electron chi connectivity index (χ3n) is 3.77. The molecule has 1 aliphatic heterocycles. The highest BCUT2D eigenvalue weighted by Gasteiger charge is 2.25. The minimum absolute atomic E-state index is 0.0392. The van der Waals surface area contributed by atoms with E-state index >= 15 is 0 Å². The molecule has 1 aromatic carbocycles. The van der Waals surface area contributed by atoms with E-state index in [-0.39, 0.29) is 12.0 Å². The first kappa shape index (κ1) is 13.6. The second-order valence-corrected chi connectivity index (χ2v) is 5.85. The monoisotopic (exact) mass is 337 g/mol. The van der Waals surface area contributed by atoms with Crippen molar-refractivity contribution in [2.75, 3.05) is 20.2 Å². The number of ether oxygens (including phenoxy) is 1. The Bertz CT molecular complexity index is 629. The molecular weight excluding hydrogens is 322 g/mol. The lowest BCUT2D eigenvalue weighted by Gasteiger charge is -2.30. The second-order valence-electron chi connectivity index (χ2n) is 5.00. The van der Waals surface area contributed by atoms with Gasteiger partial charge in [-0.15, -0.1) is 0 Å². The van der Waals surface area contributed by atoms with Crippen LogP contribution in [0.15, 0.2) is 33.2 Å². The number of hydrogen-bond acceptors (Lipinski definition) is 3. The van der Waals surface area contributed by atoms with E-state index in [0.29, 0.717) is 5.76 Å². The Morgan fingerprint density at radius 2 is 2.15 bits per heavy atom. The molecule has 0 aliphatic carbocycles. The number of halogens is 1. The number of rotatable bonds is 2. The number of carbonyl (C=O) groups is 1. The molecule has 0 atom stereocenters. The third-order valence-corrected chi connectivity index (χ3v) is 4.39. The van der Waals surface area contributed by atoms with Gasteiger partial charge in [-0.1, -0.05) is 12.1 Å². The standard InChI is InChI=1S/C15H16BrNO3/c1-19-11-5-7-17(8-6-11)15(18)13-9-10-3-2-4-12(16)14(10)20-13/h2-4,9,11H,5-8H2,1H3. The number of carbonyl (C=O) groups excluding carboxylic acids is 1. The average Bonchev–Trinajstić information content (AvgIpc) is 2.92. The first-order valence-electron chi connectivity index (χ1n) is 6.69. The van der Waals surface area contributed by atoms with Crippen LogP contribution in [0.2, 0.25) is 0 Å². The fourth-order valence-electron chi connectivity index (χ4n) is 2.58. The van der Waals surface area contributed by atoms with Gasteiger partial charge in [-0.05, 0) is 40.9 Å². The Balaban J connectivity index is 1.81. The van der Waals surface area contributed by atoms with E-state index in [2.05, 4.69) is 15.9 Å². The van der Waals surface area contributed by atoms with Crippen molar-refractivity contribution in [3.8, 4) is 0 Å². The summed E-state index contributed by atoms with van der Waals surface area (Å²) in [5, 5.41) is 0.939. The molecule has 0 N–H and O–H groups in total. The quantitative estimate of drug-likeness (QED) is 0.842. The molecule has 1 amide bonds. The van der Waals surface area contributed by atoms with Crippen LogP contribution in [0.4, 0.5) is 0 Å². The summed E-state index contributed by atoms with van der Waals surface area (Å²) in [5.74, 6) is 0.366. The molecule has 3 rings (SSSR count). The Kier molecular flexibility index (Phi) is 3.81. The van der Waals surface area contributed by atoms with Crippen LogP contribution in [0.25, 0.3) is 11.0 Å². The van der Waals surface area contributed by atoms with E-state index in [1.807, 2.05) is 29.2 Å². The number of amides is 1. The van der Waals surface area contributed by atoms with Gasteiger partial charge in [0.05, 0.1) is 10.6 Å². The van der Waals surface area contributed by atoms with Gasteiger partial charge < -0.3 is 14.1 Å². The molecule has 5 heteroatoms. The van der Waals surface area contributed by atoms with Crippen molar-refractivity contribution in [3.05, 3.63) is 34.5 Å². The van der Waals surface area contributed by atoms with Crippen molar-refractivity contribution < 1.29 is 13.9 Å². The molecule has 2 heterocycles. The van der Waals surface area contributed by atoms with Crippen molar-refractivity contribution in [3.63, 3.8) is 0 Å². The highest BCUT2D eigenvalue weighted by atomic mass is 79.9. The van der Waals surface area contributed by atoms with Gasteiger partial charge in [0.25, 0.3) is 5.91 Å². The molecule has 1 fully saturated rings. The fraction of sp³-hybridized carbons (Fsp3) is 0.400. The summed E-state index contributed by atoms with van der Waals surface area (Å²) in [6.07, 6.45) is 2.03. The van der Waals surface area contributed by atoms with Crippen molar-refractivity contribution in [2.24, 2.45) is 0 Å². The molecule has 0 bridgehead atoms. The van der Waals surface area contributed by atoms with Crippen molar-refractivity contribution in [1.82, 2.24) is 4.90 Å². The van der Waals surface area contributed by atoms with Crippen molar-refractivity contribution in [2.45, 2.75) is 18.9 Å². The summed E-state index contributed by atoms with van der Waals surface area (Å²) in [4.78, 5) is 14.3. The largest absolute Gasteiger partial charge is 0.450 e. The van der Waals surface area contributed by atoms with E-state index in [1.54, 1.807) is 7.11 Å². The predicted molar refractivity (Wildman–Crippen MR) is 79.8 cm³/mol. The molecule has 1 aromatic heterocycles. The lowest BCUT2D eigenvalue weighted by atomic mass is 10.1. The normalized spacial score (nSPS) is 16.8.